The van der Waals surface area contributed by atoms with Crippen LogP contribution in [0.5, 0.6) is 0 Å². The van der Waals surface area contributed by atoms with Crippen LogP contribution in [0.2, 0.25) is 0 Å². The van der Waals surface area contributed by atoms with Crippen LogP contribution in [0.4, 0.5) is 0 Å². The van der Waals surface area contributed by atoms with Crippen molar-refractivity contribution in [3.05, 3.63) is 206 Å². The second-order valence-electron chi connectivity index (χ2n) is 15.1. The molecular weight excluding hydrogens is 689 g/mol. The fraction of sp³-hybridized carbons (Fsp3) is 0. The molecule has 57 heavy (non-hydrogen) atoms. The zero-order chi connectivity index (χ0) is 37.5. The molecule has 1 aromatic heterocycles. The molecule has 0 aliphatic rings. The molecular formula is C56H34O. The Labute approximate surface area is 329 Å². The fourth-order valence-corrected chi connectivity index (χ4v) is 9.43. The Morgan fingerprint density at radius 2 is 0.702 bits per heavy atom. The maximum Gasteiger partial charge on any atom is 0.143 e. The molecule has 1 nitrogen and oxygen atoms in total. The lowest BCUT2D eigenvalue weighted by Crippen LogP contribution is -1.92. The van der Waals surface area contributed by atoms with Gasteiger partial charge in [-0.25, -0.2) is 0 Å². The average molecular weight is 723 g/mol. The second kappa shape index (κ2) is 12.5. The first-order valence-corrected chi connectivity index (χ1v) is 19.7. The molecule has 0 radical (unpaired) electrons. The van der Waals surface area contributed by atoms with E-state index in [0.717, 1.165) is 38.3 Å². The number of furan rings is 1. The molecule has 0 atom stereocenters. The van der Waals surface area contributed by atoms with E-state index in [-0.39, 0.29) is 0 Å². The molecule has 0 N–H and O–H groups in total. The summed E-state index contributed by atoms with van der Waals surface area (Å²) >= 11 is 0. The number of fused-ring (bicyclic) bond motifs is 10. The normalized spacial score (nSPS) is 11.9. The van der Waals surface area contributed by atoms with Gasteiger partial charge in [0.15, 0.2) is 0 Å². The summed E-state index contributed by atoms with van der Waals surface area (Å²) in [5.74, 6) is 0. The second-order valence-corrected chi connectivity index (χ2v) is 15.1. The van der Waals surface area contributed by atoms with Gasteiger partial charge in [0.1, 0.15) is 11.2 Å². The lowest BCUT2D eigenvalue weighted by Gasteiger charge is -2.20. The van der Waals surface area contributed by atoms with Crippen LogP contribution in [-0.2, 0) is 0 Å². The lowest BCUT2D eigenvalue weighted by molar-refractivity contribution is 0.676. The number of hydrogen-bond donors (Lipinski definition) is 0. The molecule has 0 saturated heterocycles. The highest BCUT2D eigenvalue weighted by Crippen LogP contribution is 2.47. The van der Waals surface area contributed by atoms with E-state index >= 15 is 0 Å². The van der Waals surface area contributed by atoms with Crippen LogP contribution in [0.1, 0.15) is 0 Å². The SMILES string of the molecule is c1ccc(-c2ccc(-c3c4ccccc4c(-c4cccc(-c5ccc6ccc7c8ccc9ccccc9c8oc7c6c5)c4)c4ccccc34)c3ccccc23)cc1. The van der Waals surface area contributed by atoms with Crippen LogP contribution in [0, 0.1) is 0 Å². The van der Waals surface area contributed by atoms with Gasteiger partial charge in [0.05, 0.1) is 0 Å². The molecule has 0 fully saturated rings. The van der Waals surface area contributed by atoms with Gasteiger partial charge in [-0.2, -0.15) is 0 Å². The van der Waals surface area contributed by atoms with E-state index in [2.05, 4.69) is 206 Å². The predicted molar refractivity (Wildman–Crippen MR) is 243 cm³/mol. The van der Waals surface area contributed by atoms with Crippen LogP contribution in [0.3, 0.4) is 0 Å². The summed E-state index contributed by atoms with van der Waals surface area (Å²) in [7, 11) is 0. The van der Waals surface area contributed by atoms with Crippen molar-refractivity contribution < 1.29 is 4.42 Å². The largest absolute Gasteiger partial charge is 0.455 e. The minimum absolute atomic E-state index is 0.939. The quantitative estimate of drug-likeness (QED) is 0.165. The van der Waals surface area contributed by atoms with Crippen molar-refractivity contribution in [2.75, 3.05) is 0 Å². The third-order valence-corrected chi connectivity index (χ3v) is 12.0. The van der Waals surface area contributed by atoms with E-state index in [9.17, 15) is 0 Å². The first kappa shape index (κ1) is 31.8. The van der Waals surface area contributed by atoms with Crippen molar-refractivity contribution in [2.45, 2.75) is 0 Å². The monoisotopic (exact) mass is 722 g/mol. The topological polar surface area (TPSA) is 13.1 Å². The first-order chi connectivity index (χ1) is 28.3. The number of benzene rings is 11. The minimum Gasteiger partial charge on any atom is -0.455 e. The molecule has 1 heterocycles. The van der Waals surface area contributed by atoms with E-state index in [1.807, 2.05) is 0 Å². The molecule has 0 unspecified atom stereocenters. The van der Waals surface area contributed by atoms with Crippen LogP contribution in [0.25, 0.3) is 120 Å². The summed E-state index contributed by atoms with van der Waals surface area (Å²) in [4.78, 5) is 0. The Hall–Kier alpha value is -7.48. The molecule has 0 aliphatic heterocycles. The van der Waals surface area contributed by atoms with Gasteiger partial charge in [-0.3, -0.25) is 0 Å². The summed E-state index contributed by atoms with van der Waals surface area (Å²) in [5, 5.41) is 14.4. The third kappa shape index (κ3) is 4.89. The summed E-state index contributed by atoms with van der Waals surface area (Å²) in [6, 6.07) is 75.3. The molecule has 0 amide bonds. The van der Waals surface area contributed by atoms with E-state index in [0.29, 0.717) is 0 Å². The molecule has 264 valence electrons. The van der Waals surface area contributed by atoms with Gasteiger partial charge in [0.2, 0.25) is 0 Å². The van der Waals surface area contributed by atoms with Gasteiger partial charge in [0, 0.05) is 21.5 Å². The third-order valence-electron chi connectivity index (χ3n) is 12.0. The molecule has 12 rings (SSSR count). The van der Waals surface area contributed by atoms with Crippen LogP contribution in [0.15, 0.2) is 211 Å². The Morgan fingerprint density at radius 1 is 0.228 bits per heavy atom. The van der Waals surface area contributed by atoms with Gasteiger partial charge >= 0.3 is 0 Å². The maximum absolute atomic E-state index is 6.76. The molecule has 12 aromatic rings. The minimum atomic E-state index is 0.939. The number of rotatable bonds is 4. The summed E-state index contributed by atoms with van der Waals surface area (Å²) < 4.78 is 6.76. The van der Waals surface area contributed by atoms with Gasteiger partial charge in [-0.1, -0.05) is 182 Å². The zero-order valence-corrected chi connectivity index (χ0v) is 31.0. The molecule has 0 bridgehead atoms. The molecule has 0 aliphatic carbocycles. The highest BCUT2D eigenvalue weighted by molar-refractivity contribution is 6.24. The first-order valence-electron chi connectivity index (χ1n) is 19.7. The predicted octanol–water partition coefficient (Wildman–Crippen LogP) is 16.0. The van der Waals surface area contributed by atoms with E-state index in [1.54, 1.807) is 0 Å². The van der Waals surface area contributed by atoms with E-state index < -0.39 is 0 Å². The van der Waals surface area contributed by atoms with Crippen molar-refractivity contribution >= 4 is 75.8 Å². The van der Waals surface area contributed by atoms with Crippen molar-refractivity contribution in [1.29, 1.82) is 0 Å². The van der Waals surface area contributed by atoms with Gasteiger partial charge in [0.25, 0.3) is 0 Å². The average Bonchev–Trinajstić information content (AvgIpc) is 3.68. The standard InChI is InChI=1S/C56H34O/c1-2-13-35(14-3-1)41-31-32-49(44-20-7-6-19-43(41)44)54-47-23-10-8-21-45(47)53(46-22-9-11-24-48(46)54)40-17-12-16-38(33-40)39-26-25-37-28-30-51-50-29-27-36-15-4-5-18-42(36)55(50)57-56(51)52(37)34-39/h1-34H. The highest BCUT2D eigenvalue weighted by atomic mass is 16.3. The Bertz CT molecular complexity index is 3510. The van der Waals surface area contributed by atoms with Crippen LogP contribution >= 0.6 is 0 Å². The Balaban J connectivity index is 1.05. The van der Waals surface area contributed by atoms with Gasteiger partial charge in [-0.05, 0) is 112 Å². The van der Waals surface area contributed by atoms with E-state index in [4.69, 9.17) is 4.42 Å². The Morgan fingerprint density at radius 3 is 1.40 bits per heavy atom. The molecule has 11 aromatic carbocycles. The van der Waals surface area contributed by atoms with Crippen molar-refractivity contribution in [3.63, 3.8) is 0 Å². The van der Waals surface area contributed by atoms with Crippen LogP contribution < -0.4 is 0 Å². The zero-order valence-electron chi connectivity index (χ0n) is 31.0. The van der Waals surface area contributed by atoms with Gasteiger partial charge < -0.3 is 4.42 Å². The molecule has 0 spiro atoms. The maximum atomic E-state index is 6.76. The smallest absolute Gasteiger partial charge is 0.143 e. The van der Waals surface area contributed by atoms with Crippen molar-refractivity contribution in [1.82, 2.24) is 0 Å². The summed E-state index contributed by atoms with van der Waals surface area (Å²) in [6.07, 6.45) is 0. The lowest BCUT2D eigenvalue weighted by atomic mass is 9.83. The summed E-state index contributed by atoms with van der Waals surface area (Å²) in [6.45, 7) is 0. The molecule has 1 heteroatoms. The summed E-state index contributed by atoms with van der Waals surface area (Å²) in [5.41, 5.74) is 11.7. The number of hydrogen-bond acceptors (Lipinski definition) is 1. The van der Waals surface area contributed by atoms with E-state index in [1.165, 1.54) is 82.0 Å². The van der Waals surface area contributed by atoms with Crippen molar-refractivity contribution in [2.24, 2.45) is 0 Å². The van der Waals surface area contributed by atoms with Gasteiger partial charge in [-0.15, -0.1) is 0 Å². The fourth-order valence-electron chi connectivity index (χ4n) is 9.43. The van der Waals surface area contributed by atoms with Crippen molar-refractivity contribution in [3.8, 4) is 44.5 Å². The Kier molecular flexibility index (Phi) is 7.00. The highest BCUT2D eigenvalue weighted by Gasteiger charge is 2.20. The molecule has 0 saturated carbocycles. The van der Waals surface area contributed by atoms with Crippen LogP contribution in [-0.4, -0.2) is 0 Å².